The SMILES string of the molecule is C=CC(CC)C(O)C(CC)C(C)O. The Hall–Kier alpha value is -0.340. The average molecular weight is 186 g/mol. The van der Waals surface area contributed by atoms with E-state index < -0.39 is 12.2 Å². The van der Waals surface area contributed by atoms with Crippen LogP contribution in [-0.4, -0.2) is 22.4 Å². The molecule has 0 saturated heterocycles. The Morgan fingerprint density at radius 1 is 1.23 bits per heavy atom. The van der Waals surface area contributed by atoms with Gasteiger partial charge in [0.15, 0.2) is 0 Å². The van der Waals surface area contributed by atoms with Gasteiger partial charge in [-0.25, -0.2) is 0 Å². The number of aliphatic hydroxyl groups is 2. The van der Waals surface area contributed by atoms with Crippen molar-refractivity contribution in [3.05, 3.63) is 12.7 Å². The zero-order chi connectivity index (χ0) is 10.4. The molecule has 0 fully saturated rings. The highest BCUT2D eigenvalue weighted by Crippen LogP contribution is 2.22. The van der Waals surface area contributed by atoms with Gasteiger partial charge in [-0.2, -0.15) is 0 Å². The summed E-state index contributed by atoms with van der Waals surface area (Å²) in [5.74, 6) is 0.0579. The fourth-order valence-electron chi connectivity index (χ4n) is 1.73. The molecule has 0 spiro atoms. The van der Waals surface area contributed by atoms with E-state index in [1.54, 1.807) is 13.0 Å². The Morgan fingerprint density at radius 2 is 1.77 bits per heavy atom. The molecular weight excluding hydrogens is 164 g/mol. The summed E-state index contributed by atoms with van der Waals surface area (Å²) >= 11 is 0. The second-order valence-corrected chi connectivity index (χ2v) is 3.61. The molecule has 0 heterocycles. The van der Waals surface area contributed by atoms with Crippen LogP contribution in [0.5, 0.6) is 0 Å². The van der Waals surface area contributed by atoms with Gasteiger partial charge in [0.05, 0.1) is 12.2 Å². The molecule has 0 saturated carbocycles. The highest BCUT2D eigenvalue weighted by Gasteiger charge is 2.26. The van der Waals surface area contributed by atoms with Crippen LogP contribution in [0.15, 0.2) is 12.7 Å². The summed E-state index contributed by atoms with van der Waals surface area (Å²) in [5.41, 5.74) is 0. The number of aliphatic hydroxyl groups excluding tert-OH is 2. The van der Waals surface area contributed by atoms with E-state index in [1.165, 1.54) is 0 Å². The van der Waals surface area contributed by atoms with Gasteiger partial charge in [-0.1, -0.05) is 19.9 Å². The molecule has 13 heavy (non-hydrogen) atoms. The van der Waals surface area contributed by atoms with Crippen molar-refractivity contribution in [3.63, 3.8) is 0 Å². The molecule has 0 aromatic carbocycles. The molecule has 4 atom stereocenters. The van der Waals surface area contributed by atoms with Crippen molar-refractivity contribution in [2.45, 2.75) is 45.8 Å². The minimum atomic E-state index is -0.465. The topological polar surface area (TPSA) is 40.5 Å². The predicted octanol–water partition coefficient (Wildman–Crippen LogP) is 1.97. The first-order chi connectivity index (χ1) is 6.08. The Morgan fingerprint density at radius 3 is 2.00 bits per heavy atom. The van der Waals surface area contributed by atoms with Crippen LogP contribution in [0, 0.1) is 11.8 Å². The van der Waals surface area contributed by atoms with Gasteiger partial charge in [-0.3, -0.25) is 0 Å². The third-order valence-corrected chi connectivity index (χ3v) is 2.74. The minimum absolute atomic E-state index is 0.0389. The Kier molecular flexibility index (Phi) is 6.00. The van der Waals surface area contributed by atoms with E-state index in [2.05, 4.69) is 6.58 Å². The van der Waals surface area contributed by atoms with Crippen molar-refractivity contribution in [2.24, 2.45) is 11.8 Å². The molecule has 2 nitrogen and oxygen atoms in total. The molecule has 0 aliphatic heterocycles. The first-order valence-electron chi connectivity index (χ1n) is 5.07. The summed E-state index contributed by atoms with van der Waals surface area (Å²) in [4.78, 5) is 0. The van der Waals surface area contributed by atoms with E-state index in [4.69, 9.17) is 0 Å². The summed E-state index contributed by atoms with van der Waals surface area (Å²) in [6, 6.07) is 0. The smallest absolute Gasteiger partial charge is 0.0655 e. The highest BCUT2D eigenvalue weighted by atomic mass is 16.3. The van der Waals surface area contributed by atoms with Crippen LogP contribution in [0.1, 0.15) is 33.6 Å². The van der Waals surface area contributed by atoms with Crippen LogP contribution in [-0.2, 0) is 0 Å². The quantitative estimate of drug-likeness (QED) is 0.623. The van der Waals surface area contributed by atoms with Gasteiger partial charge >= 0.3 is 0 Å². The van der Waals surface area contributed by atoms with E-state index in [0.717, 1.165) is 12.8 Å². The molecule has 0 aromatic heterocycles. The van der Waals surface area contributed by atoms with Crippen LogP contribution >= 0.6 is 0 Å². The number of hydrogen-bond acceptors (Lipinski definition) is 2. The van der Waals surface area contributed by atoms with E-state index in [9.17, 15) is 10.2 Å². The number of hydrogen-bond donors (Lipinski definition) is 2. The van der Waals surface area contributed by atoms with Gasteiger partial charge in [0, 0.05) is 11.8 Å². The Bertz CT molecular complexity index is 143. The molecule has 0 aliphatic carbocycles. The van der Waals surface area contributed by atoms with Crippen LogP contribution in [0.2, 0.25) is 0 Å². The van der Waals surface area contributed by atoms with Gasteiger partial charge in [0.1, 0.15) is 0 Å². The summed E-state index contributed by atoms with van der Waals surface area (Å²) in [5, 5.41) is 19.3. The zero-order valence-electron chi connectivity index (χ0n) is 8.90. The Balaban J connectivity index is 4.33. The van der Waals surface area contributed by atoms with Crippen LogP contribution < -0.4 is 0 Å². The third kappa shape index (κ3) is 3.49. The third-order valence-electron chi connectivity index (χ3n) is 2.74. The summed E-state index contributed by atoms with van der Waals surface area (Å²) in [7, 11) is 0. The molecule has 0 aliphatic rings. The van der Waals surface area contributed by atoms with Crippen LogP contribution in [0.3, 0.4) is 0 Å². The second-order valence-electron chi connectivity index (χ2n) is 3.61. The summed E-state index contributed by atoms with van der Waals surface area (Å²) in [6.45, 7) is 9.42. The maximum absolute atomic E-state index is 9.91. The first-order valence-corrected chi connectivity index (χ1v) is 5.07. The molecular formula is C11H22O2. The first kappa shape index (κ1) is 12.7. The molecule has 0 radical (unpaired) electrons. The fourth-order valence-corrected chi connectivity index (χ4v) is 1.73. The van der Waals surface area contributed by atoms with Crippen molar-refractivity contribution >= 4 is 0 Å². The molecule has 4 unspecified atom stereocenters. The van der Waals surface area contributed by atoms with Crippen molar-refractivity contribution in [2.75, 3.05) is 0 Å². The molecule has 2 heteroatoms. The van der Waals surface area contributed by atoms with Crippen molar-refractivity contribution in [3.8, 4) is 0 Å². The maximum atomic E-state index is 9.91. The van der Waals surface area contributed by atoms with Gasteiger partial charge in [-0.15, -0.1) is 6.58 Å². The van der Waals surface area contributed by atoms with Crippen molar-refractivity contribution in [1.29, 1.82) is 0 Å². The van der Waals surface area contributed by atoms with E-state index in [-0.39, 0.29) is 11.8 Å². The van der Waals surface area contributed by atoms with Crippen LogP contribution in [0.4, 0.5) is 0 Å². The fraction of sp³-hybridized carbons (Fsp3) is 0.818. The van der Waals surface area contributed by atoms with E-state index >= 15 is 0 Å². The highest BCUT2D eigenvalue weighted by molar-refractivity contribution is 4.88. The molecule has 0 amide bonds. The zero-order valence-corrected chi connectivity index (χ0v) is 8.90. The molecule has 0 bridgehead atoms. The minimum Gasteiger partial charge on any atom is -0.393 e. The second kappa shape index (κ2) is 6.17. The molecule has 0 rings (SSSR count). The lowest BCUT2D eigenvalue weighted by atomic mass is 9.84. The predicted molar refractivity (Wildman–Crippen MR) is 55.4 cm³/mol. The lowest BCUT2D eigenvalue weighted by molar-refractivity contribution is -0.00307. The standard InChI is InChI=1S/C11H22O2/c1-5-9(6-2)11(13)10(7-3)8(4)12/h5,8-13H,1,6-7H2,2-4H3. The van der Waals surface area contributed by atoms with Gasteiger partial charge < -0.3 is 10.2 Å². The lowest BCUT2D eigenvalue weighted by Crippen LogP contribution is -2.34. The normalized spacial score (nSPS) is 20.4. The maximum Gasteiger partial charge on any atom is 0.0655 e. The largest absolute Gasteiger partial charge is 0.393 e. The van der Waals surface area contributed by atoms with E-state index in [1.807, 2.05) is 13.8 Å². The average Bonchev–Trinajstić information content (AvgIpc) is 2.07. The van der Waals surface area contributed by atoms with Crippen molar-refractivity contribution < 1.29 is 10.2 Å². The molecule has 2 N–H and O–H groups in total. The van der Waals surface area contributed by atoms with Gasteiger partial charge in [0.2, 0.25) is 0 Å². The molecule has 0 aromatic rings. The summed E-state index contributed by atoms with van der Waals surface area (Å²) in [6.07, 6.45) is 2.52. The molecule has 78 valence electrons. The van der Waals surface area contributed by atoms with Gasteiger partial charge in [0.25, 0.3) is 0 Å². The Labute approximate surface area is 81.3 Å². The number of rotatable bonds is 6. The van der Waals surface area contributed by atoms with E-state index in [0.29, 0.717) is 0 Å². The van der Waals surface area contributed by atoms with Crippen molar-refractivity contribution in [1.82, 2.24) is 0 Å². The lowest BCUT2D eigenvalue weighted by Gasteiger charge is -2.28. The van der Waals surface area contributed by atoms with Crippen LogP contribution in [0.25, 0.3) is 0 Å². The summed E-state index contributed by atoms with van der Waals surface area (Å²) < 4.78 is 0. The monoisotopic (exact) mass is 186 g/mol. The van der Waals surface area contributed by atoms with Gasteiger partial charge in [-0.05, 0) is 19.8 Å².